The van der Waals surface area contributed by atoms with Crippen molar-refractivity contribution in [1.82, 2.24) is 5.32 Å². The second-order valence-corrected chi connectivity index (χ2v) is 7.85. The van der Waals surface area contributed by atoms with E-state index >= 15 is 0 Å². The standard InChI is InChI=1S/C19H22N2O4S/c20-26(23,24)18-10-2-1-9-17(18)14-6-5-7-15(12-14)19(22)21-13-16-8-3-4-11-25-16/h1-2,5-7,9-10,12,16H,3-4,8,11,13H2,(H,21,22)(H2,20,23,24)/t16-/m1/s1. The molecule has 1 amide bonds. The third-order valence-corrected chi connectivity index (χ3v) is 5.36. The summed E-state index contributed by atoms with van der Waals surface area (Å²) in [7, 11) is -3.86. The zero-order valence-corrected chi connectivity index (χ0v) is 15.2. The minimum absolute atomic E-state index is 0.0353. The van der Waals surface area contributed by atoms with Crippen molar-refractivity contribution >= 4 is 15.9 Å². The molecule has 0 unspecified atom stereocenters. The van der Waals surface area contributed by atoms with E-state index < -0.39 is 10.0 Å². The number of amides is 1. The van der Waals surface area contributed by atoms with E-state index in [4.69, 9.17) is 9.88 Å². The fourth-order valence-corrected chi connectivity index (χ4v) is 3.82. The third kappa shape index (κ3) is 4.49. The van der Waals surface area contributed by atoms with Crippen molar-refractivity contribution in [3.63, 3.8) is 0 Å². The zero-order chi connectivity index (χ0) is 18.6. The van der Waals surface area contributed by atoms with Crippen LogP contribution < -0.4 is 10.5 Å². The summed E-state index contributed by atoms with van der Waals surface area (Å²) < 4.78 is 29.2. The summed E-state index contributed by atoms with van der Waals surface area (Å²) in [5, 5.41) is 8.19. The zero-order valence-electron chi connectivity index (χ0n) is 14.4. The van der Waals surface area contributed by atoms with Gasteiger partial charge in [-0.05, 0) is 43.0 Å². The van der Waals surface area contributed by atoms with E-state index in [-0.39, 0.29) is 16.9 Å². The van der Waals surface area contributed by atoms with Gasteiger partial charge in [0.15, 0.2) is 0 Å². The predicted octanol–water partition coefficient (Wildman–Crippen LogP) is 2.30. The van der Waals surface area contributed by atoms with E-state index in [1.807, 2.05) is 0 Å². The number of ether oxygens (including phenoxy) is 1. The maximum atomic E-state index is 12.4. The lowest BCUT2D eigenvalue weighted by Gasteiger charge is -2.22. The predicted molar refractivity (Wildman–Crippen MR) is 99.2 cm³/mol. The molecule has 1 aliphatic heterocycles. The van der Waals surface area contributed by atoms with E-state index in [0.717, 1.165) is 25.9 Å². The van der Waals surface area contributed by atoms with Gasteiger partial charge in [-0.25, -0.2) is 13.6 Å². The first kappa shape index (κ1) is 18.6. The van der Waals surface area contributed by atoms with Gasteiger partial charge in [0.1, 0.15) is 0 Å². The average molecular weight is 374 g/mol. The molecule has 0 radical (unpaired) electrons. The Morgan fingerprint density at radius 1 is 1.15 bits per heavy atom. The molecule has 6 nitrogen and oxygen atoms in total. The molecular weight excluding hydrogens is 352 g/mol. The Morgan fingerprint density at radius 3 is 2.69 bits per heavy atom. The van der Waals surface area contributed by atoms with Crippen molar-refractivity contribution in [3.05, 3.63) is 54.1 Å². The molecule has 1 aliphatic rings. The van der Waals surface area contributed by atoms with E-state index in [9.17, 15) is 13.2 Å². The molecule has 0 aliphatic carbocycles. The van der Waals surface area contributed by atoms with Crippen LogP contribution in [0.15, 0.2) is 53.4 Å². The summed E-state index contributed by atoms with van der Waals surface area (Å²) in [5.41, 5.74) is 1.55. The number of nitrogens with two attached hydrogens (primary N) is 1. The van der Waals surface area contributed by atoms with Crippen LogP contribution in [0.3, 0.4) is 0 Å². The molecule has 1 fully saturated rings. The van der Waals surface area contributed by atoms with Crippen molar-refractivity contribution < 1.29 is 17.9 Å². The van der Waals surface area contributed by atoms with Gasteiger partial charge in [0.25, 0.3) is 5.91 Å². The highest BCUT2D eigenvalue weighted by Crippen LogP contribution is 2.27. The smallest absolute Gasteiger partial charge is 0.251 e. The lowest BCUT2D eigenvalue weighted by atomic mass is 10.0. The summed E-state index contributed by atoms with van der Waals surface area (Å²) in [6.45, 7) is 1.21. The Morgan fingerprint density at radius 2 is 1.96 bits per heavy atom. The molecule has 26 heavy (non-hydrogen) atoms. The van der Waals surface area contributed by atoms with Gasteiger partial charge in [0.2, 0.25) is 10.0 Å². The summed E-state index contributed by atoms with van der Waals surface area (Å²) >= 11 is 0. The maximum Gasteiger partial charge on any atom is 0.251 e. The van der Waals surface area contributed by atoms with Crippen molar-refractivity contribution in [2.45, 2.75) is 30.3 Å². The maximum absolute atomic E-state index is 12.4. The lowest BCUT2D eigenvalue weighted by molar-refractivity contribution is 0.0169. The first-order chi connectivity index (χ1) is 12.4. The van der Waals surface area contributed by atoms with Crippen LogP contribution in [0.2, 0.25) is 0 Å². The topological polar surface area (TPSA) is 98.5 Å². The van der Waals surface area contributed by atoms with Crippen LogP contribution in [0, 0.1) is 0 Å². The Balaban J connectivity index is 1.79. The molecule has 0 bridgehead atoms. The Kier molecular flexibility index (Phi) is 5.70. The van der Waals surface area contributed by atoms with E-state index in [2.05, 4.69) is 5.32 Å². The minimum Gasteiger partial charge on any atom is -0.376 e. The molecule has 3 rings (SSSR count). The molecule has 0 saturated carbocycles. The van der Waals surface area contributed by atoms with Crippen LogP contribution in [0.1, 0.15) is 29.6 Å². The van der Waals surface area contributed by atoms with Gasteiger partial charge < -0.3 is 10.1 Å². The molecule has 1 atom stereocenters. The average Bonchev–Trinajstić information content (AvgIpc) is 2.66. The summed E-state index contributed by atoms with van der Waals surface area (Å²) in [6, 6.07) is 13.3. The molecule has 2 aromatic carbocycles. The summed E-state index contributed by atoms with van der Waals surface area (Å²) in [4.78, 5) is 12.5. The van der Waals surface area contributed by atoms with Crippen LogP contribution in [0.4, 0.5) is 0 Å². The van der Waals surface area contributed by atoms with Gasteiger partial charge in [-0.2, -0.15) is 0 Å². The Hall–Kier alpha value is -2.22. The number of sulfonamides is 1. The Labute approximate surface area is 153 Å². The second-order valence-electron chi connectivity index (χ2n) is 6.32. The van der Waals surface area contributed by atoms with Crippen LogP contribution >= 0.6 is 0 Å². The van der Waals surface area contributed by atoms with Crippen LogP contribution in [0.5, 0.6) is 0 Å². The molecule has 2 aromatic rings. The van der Waals surface area contributed by atoms with Crippen molar-refractivity contribution in [3.8, 4) is 11.1 Å². The highest BCUT2D eigenvalue weighted by atomic mass is 32.2. The fraction of sp³-hybridized carbons (Fsp3) is 0.316. The molecule has 1 saturated heterocycles. The number of carbonyl (C=O) groups excluding carboxylic acids is 1. The number of carbonyl (C=O) groups is 1. The monoisotopic (exact) mass is 374 g/mol. The van der Waals surface area contributed by atoms with Gasteiger partial charge in [-0.3, -0.25) is 4.79 Å². The molecule has 3 N–H and O–H groups in total. The van der Waals surface area contributed by atoms with E-state index in [1.165, 1.54) is 6.07 Å². The molecular formula is C19H22N2O4S. The summed E-state index contributed by atoms with van der Waals surface area (Å²) in [5.74, 6) is -0.214. The van der Waals surface area contributed by atoms with E-state index in [1.54, 1.807) is 42.5 Å². The SMILES string of the molecule is NS(=O)(=O)c1ccccc1-c1cccc(C(=O)NC[C@H]2CCCCO2)c1. The number of benzene rings is 2. The largest absolute Gasteiger partial charge is 0.376 e. The van der Waals surface area contributed by atoms with Gasteiger partial charge >= 0.3 is 0 Å². The molecule has 0 spiro atoms. The highest BCUT2D eigenvalue weighted by Gasteiger charge is 2.17. The van der Waals surface area contributed by atoms with Gasteiger partial charge in [0, 0.05) is 24.3 Å². The minimum atomic E-state index is -3.86. The van der Waals surface area contributed by atoms with Crippen molar-refractivity contribution in [1.29, 1.82) is 0 Å². The van der Waals surface area contributed by atoms with Crippen LogP contribution in [-0.2, 0) is 14.8 Å². The van der Waals surface area contributed by atoms with Crippen molar-refractivity contribution in [2.75, 3.05) is 13.2 Å². The molecule has 1 heterocycles. The van der Waals surface area contributed by atoms with Gasteiger partial charge in [0.05, 0.1) is 11.0 Å². The van der Waals surface area contributed by atoms with Gasteiger partial charge in [-0.15, -0.1) is 0 Å². The third-order valence-electron chi connectivity index (χ3n) is 4.39. The second kappa shape index (κ2) is 7.99. The van der Waals surface area contributed by atoms with Crippen LogP contribution in [0.25, 0.3) is 11.1 Å². The van der Waals surface area contributed by atoms with Crippen molar-refractivity contribution in [2.24, 2.45) is 5.14 Å². The normalized spacial score (nSPS) is 17.7. The fourth-order valence-electron chi connectivity index (χ4n) is 3.06. The quantitative estimate of drug-likeness (QED) is 0.839. The Bertz CT molecular complexity index is 890. The highest BCUT2D eigenvalue weighted by molar-refractivity contribution is 7.89. The first-order valence-corrected chi connectivity index (χ1v) is 10.1. The lowest BCUT2D eigenvalue weighted by Crippen LogP contribution is -2.35. The number of hydrogen-bond acceptors (Lipinski definition) is 4. The van der Waals surface area contributed by atoms with E-state index in [0.29, 0.717) is 23.2 Å². The number of nitrogens with one attached hydrogen (secondary N) is 1. The van der Waals surface area contributed by atoms with Gasteiger partial charge in [-0.1, -0.05) is 30.3 Å². The first-order valence-electron chi connectivity index (χ1n) is 8.57. The van der Waals surface area contributed by atoms with Crippen LogP contribution in [-0.4, -0.2) is 33.6 Å². The summed E-state index contributed by atoms with van der Waals surface area (Å²) in [6.07, 6.45) is 3.18. The molecule has 138 valence electrons. The number of hydrogen-bond donors (Lipinski definition) is 2. The molecule has 7 heteroatoms. The molecule has 0 aromatic heterocycles. The number of primary sulfonamides is 1. The number of rotatable bonds is 5.